The summed E-state index contributed by atoms with van der Waals surface area (Å²) in [6, 6.07) is 0.140. The molecule has 0 amide bonds. The SMILES string of the molecule is CC(C)CN(CC(C(=O)O)C(F)(F)F)C1CC1. The van der Waals surface area contributed by atoms with Gasteiger partial charge in [0.25, 0.3) is 0 Å². The molecule has 1 aliphatic carbocycles. The first-order chi connectivity index (χ1) is 7.71. The van der Waals surface area contributed by atoms with Crippen LogP contribution in [0.1, 0.15) is 26.7 Å². The lowest BCUT2D eigenvalue weighted by molar-refractivity contribution is -0.197. The van der Waals surface area contributed by atoms with E-state index in [-0.39, 0.29) is 12.0 Å². The molecule has 1 rings (SSSR count). The van der Waals surface area contributed by atoms with Crippen molar-refractivity contribution in [1.29, 1.82) is 0 Å². The molecule has 0 aromatic heterocycles. The van der Waals surface area contributed by atoms with Gasteiger partial charge < -0.3 is 5.11 Å². The van der Waals surface area contributed by atoms with Gasteiger partial charge in [-0.25, -0.2) is 0 Å². The molecule has 3 nitrogen and oxygen atoms in total. The summed E-state index contributed by atoms with van der Waals surface area (Å²) in [5.41, 5.74) is 0. The molecular weight excluding hydrogens is 235 g/mol. The Bertz CT molecular complexity index is 274. The molecule has 1 saturated carbocycles. The number of carboxylic acid groups (broad SMARTS) is 1. The van der Waals surface area contributed by atoms with Crippen LogP contribution in [0.15, 0.2) is 0 Å². The van der Waals surface area contributed by atoms with Crippen LogP contribution in [0, 0.1) is 11.8 Å². The van der Waals surface area contributed by atoms with Gasteiger partial charge in [-0.3, -0.25) is 9.69 Å². The molecule has 1 aliphatic rings. The summed E-state index contributed by atoms with van der Waals surface area (Å²) in [5, 5.41) is 8.65. The summed E-state index contributed by atoms with van der Waals surface area (Å²) < 4.78 is 37.6. The highest BCUT2D eigenvalue weighted by Crippen LogP contribution is 2.32. The smallest absolute Gasteiger partial charge is 0.403 e. The molecule has 17 heavy (non-hydrogen) atoms. The van der Waals surface area contributed by atoms with Crippen LogP contribution in [0.2, 0.25) is 0 Å². The van der Waals surface area contributed by atoms with Gasteiger partial charge in [0.2, 0.25) is 0 Å². The lowest BCUT2D eigenvalue weighted by atomic mass is 10.1. The molecular formula is C11H18F3NO2. The average molecular weight is 253 g/mol. The third kappa shape index (κ3) is 4.53. The minimum absolute atomic E-state index is 0.140. The van der Waals surface area contributed by atoms with Crippen molar-refractivity contribution in [2.24, 2.45) is 11.8 Å². The van der Waals surface area contributed by atoms with Crippen molar-refractivity contribution in [3.05, 3.63) is 0 Å². The molecule has 0 aromatic rings. The van der Waals surface area contributed by atoms with Gasteiger partial charge in [-0.2, -0.15) is 13.2 Å². The lowest BCUT2D eigenvalue weighted by Gasteiger charge is -2.28. The Balaban J connectivity index is 2.65. The molecule has 1 atom stereocenters. The molecule has 0 saturated heterocycles. The van der Waals surface area contributed by atoms with Crippen molar-refractivity contribution in [1.82, 2.24) is 4.90 Å². The van der Waals surface area contributed by atoms with Gasteiger partial charge in [0.15, 0.2) is 5.92 Å². The Hall–Kier alpha value is -0.780. The standard InChI is InChI=1S/C11H18F3NO2/c1-7(2)5-15(8-3-4-8)6-9(10(16)17)11(12,13)14/h7-9H,3-6H2,1-2H3,(H,16,17). The van der Waals surface area contributed by atoms with Crippen LogP contribution in [0.4, 0.5) is 13.2 Å². The van der Waals surface area contributed by atoms with Gasteiger partial charge in [0, 0.05) is 19.1 Å². The Labute approximate surface area is 98.6 Å². The van der Waals surface area contributed by atoms with Crippen LogP contribution in [0.3, 0.4) is 0 Å². The van der Waals surface area contributed by atoms with Gasteiger partial charge in [0.05, 0.1) is 0 Å². The Kier molecular flexibility index (Phi) is 4.41. The van der Waals surface area contributed by atoms with Crippen LogP contribution in [0.5, 0.6) is 0 Å². The van der Waals surface area contributed by atoms with Gasteiger partial charge in [-0.15, -0.1) is 0 Å². The van der Waals surface area contributed by atoms with Crippen molar-refractivity contribution in [3.8, 4) is 0 Å². The van der Waals surface area contributed by atoms with Gasteiger partial charge in [-0.05, 0) is 18.8 Å². The minimum atomic E-state index is -4.67. The summed E-state index contributed by atoms with van der Waals surface area (Å²) >= 11 is 0. The number of rotatable bonds is 6. The third-order valence-corrected chi connectivity index (χ3v) is 2.77. The summed E-state index contributed by atoms with van der Waals surface area (Å²) in [4.78, 5) is 12.3. The fourth-order valence-corrected chi connectivity index (χ4v) is 1.84. The summed E-state index contributed by atoms with van der Waals surface area (Å²) in [6.45, 7) is 3.92. The van der Waals surface area contributed by atoms with E-state index in [1.807, 2.05) is 13.8 Å². The van der Waals surface area contributed by atoms with E-state index >= 15 is 0 Å². The zero-order valence-corrected chi connectivity index (χ0v) is 10.00. The van der Waals surface area contributed by atoms with E-state index in [0.717, 1.165) is 12.8 Å². The summed E-state index contributed by atoms with van der Waals surface area (Å²) in [7, 11) is 0. The van der Waals surface area contributed by atoms with E-state index in [4.69, 9.17) is 5.11 Å². The Morgan fingerprint density at radius 1 is 1.35 bits per heavy atom. The predicted octanol–water partition coefficient (Wildman–Crippen LogP) is 2.37. The van der Waals surface area contributed by atoms with Crippen molar-refractivity contribution in [2.75, 3.05) is 13.1 Å². The maximum Gasteiger partial charge on any atom is 0.403 e. The van der Waals surface area contributed by atoms with E-state index in [0.29, 0.717) is 6.54 Å². The van der Waals surface area contributed by atoms with E-state index in [1.54, 1.807) is 4.90 Å². The van der Waals surface area contributed by atoms with E-state index < -0.39 is 24.6 Å². The van der Waals surface area contributed by atoms with Crippen LogP contribution < -0.4 is 0 Å². The third-order valence-electron chi connectivity index (χ3n) is 2.77. The maximum absolute atomic E-state index is 12.5. The van der Waals surface area contributed by atoms with Crippen LogP contribution in [-0.4, -0.2) is 41.3 Å². The molecule has 1 unspecified atom stereocenters. The van der Waals surface area contributed by atoms with E-state index in [9.17, 15) is 18.0 Å². The molecule has 0 bridgehead atoms. The van der Waals surface area contributed by atoms with E-state index in [2.05, 4.69) is 0 Å². The summed E-state index contributed by atoms with van der Waals surface area (Å²) in [6.07, 6.45) is -2.93. The number of alkyl halides is 3. The number of carbonyl (C=O) groups is 1. The number of hydrogen-bond donors (Lipinski definition) is 1. The lowest BCUT2D eigenvalue weighted by Crippen LogP contribution is -2.43. The first kappa shape index (κ1) is 14.3. The number of halogens is 3. The monoisotopic (exact) mass is 253 g/mol. The minimum Gasteiger partial charge on any atom is -0.481 e. The van der Waals surface area contributed by atoms with Crippen LogP contribution >= 0.6 is 0 Å². The second-order valence-corrected chi connectivity index (χ2v) is 5.01. The molecule has 6 heteroatoms. The van der Waals surface area contributed by atoms with Crippen molar-refractivity contribution < 1.29 is 23.1 Å². The van der Waals surface area contributed by atoms with Crippen LogP contribution in [-0.2, 0) is 4.79 Å². The molecule has 100 valence electrons. The van der Waals surface area contributed by atoms with E-state index in [1.165, 1.54) is 0 Å². The Morgan fingerprint density at radius 3 is 2.18 bits per heavy atom. The van der Waals surface area contributed by atoms with Gasteiger partial charge in [-0.1, -0.05) is 13.8 Å². The fourth-order valence-electron chi connectivity index (χ4n) is 1.84. The predicted molar refractivity (Wildman–Crippen MR) is 56.6 cm³/mol. The molecule has 1 fully saturated rings. The fraction of sp³-hybridized carbons (Fsp3) is 0.909. The first-order valence-corrected chi connectivity index (χ1v) is 5.75. The van der Waals surface area contributed by atoms with Crippen molar-refractivity contribution >= 4 is 5.97 Å². The van der Waals surface area contributed by atoms with Crippen molar-refractivity contribution in [3.63, 3.8) is 0 Å². The first-order valence-electron chi connectivity index (χ1n) is 5.75. The zero-order chi connectivity index (χ0) is 13.2. The zero-order valence-electron chi connectivity index (χ0n) is 10.00. The van der Waals surface area contributed by atoms with Crippen molar-refractivity contribution in [2.45, 2.75) is 38.9 Å². The molecule has 0 aromatic carbocycles. The van der Waals surface area contributed by atoms with Crippen LogP contribution in [0.25, 0.3) is 0 Å². The number of nitrogens with zero attached hydrogens (tertiary/aromatic N) is 1. The number of aliphatic carboxylic acids is 1. The molecule has 0 heterocycles. The second kappa shape index (κ2) is 5.25. The molecule has 0 aliphatic heterocycles. The highest BCUT2D eigenvalue weighted by molar-refractivity contribution is 5.71. The summed E-state index contributed by atoms with van der Waals surface area (Å²) in [5.74, 6) is -3.83. The maximum atomic E-state index is 12.5. The quantitative estimate of drug-likeness (QED) is 0.790. The Morgan fingerprint density at radius 2 is 1.88 bits per heavy atom. The molecule has 0 spiro atoms. The highest BCUT2D eigenvalue weighted by Gasteiger charge is 2.47. The normalized spacial score (nSPS) is 18.8. The largest absolute Gasteiger partial charge is 0.481 e. The molecule has 1 N–H and O–H groups in total. The van der Waals surface area contributed by atoms with Gasteiger partial charge in [0.1, 0.15) is 0 Å². The van der Waals surface area contributed by atoms with Gasteiger partial charge >= 0.3 is 12.1 Å². The topological polar surface area (TPSA) is 40.5 Å². The number of hydrogen-bond acceptors (Lipinski definition) is 2. The highest BCUT2D eigenvalue weighted by atomic mass is 19.4. The second-order valence-electron chi connectivity index (χ2n) is 5.01. The molecule has 0 radical (unpaired) electrons. The average Bonchev–Trinajstić information content (AvgIpc) is 2.91. The number of carboxylic acids is 1.